The van der Waals surface area contributed by atoms with Crippen LogP contribution in [0.4, 0.5) is 4.39 Å². The van der Waals surface area contributed by atoms with Gasteiger partial charge >= 0.3 is 0 Å². The maximum absolute atomic E-state index is 14.6. The Labute approximate surface area is 167 Å². The van der Waals surface area contributed by atoms with E-state index < -0.39 is 11.7 Å². The van der Waals surface area contributed by atoms with Crippen LogP contribution < -0.4 is 10.5 Å². The van der Waals surface area contributed by atoms with Crippen LogP contribution >= 0.6 is 0 Å². The number of Topliss-reactive ketones (excluding diaryl/α,β-unsaturated/α-hetero) is 1. The van der Waals surface area contributed by atoms with Crippen LogP contribution in [0.15, 0.2) is 71.3 Å². The molecule has 1 heterocycles. The molecule has 6 heteroatoms. The molecule has 2 atom stereocenters. The normalized spacial score (nSPS) is 21.3. The van der Waals surface area contributed by atoms with E-state index in [0.29, 0.717) is 17.8 Å². The number of nitrogens with two attached hydrogens (primary N) is 1. The number of hydrogen-bond acceptors (Lipinski definition) is 5. The number of benzene rings is 2. The van der Waals surface area contributed by atoms with Gasteiger partial charge in [0, 0.05) is 24.0 Å². The maximum atomic E-state index is 14.6. The zero-order chi connectivity index (χ0) is 20.5. The van der Waals surface area contributed by atoms with Gasteiger partial charge in [0.05, 0.1) is 13.0 Å². The Morgan fingerprint density at radius 1 is 1.17 bits per heavy atom. The van der Waals surface area contributed by atoms with Crippen molar-refractivity contribution in [1.82, 2.24) is 0 Å². The number of ketones is 1. The van der Waals surface area contributed by atoms with Gasteiger partial charge in [-0.15, -0.1) is 0 Å². The summed E-state index contributed by atoms with van der Waals surface area (Å²) in [6.07, 6.45) is 0.690. The van der Waals surface area contributed by atoms with Crippen molar-refractivity contribution in [2.75, 3.05) is 7.11 Å². The summed E-state index contributed by atoms with van der Waals surface area (Å²) >= 11 is 0. The van der Waals surface area contributed by atoms with Gasteiger partial charge in [-0.05, 0) is 29.7 Å². The van der Waals surface area contributed by atoms with Gasteiger partial charge in [0.1, 0.15) is 29.0 Å². The average molecular weight is 390 g/mol. The number of nitriles is 1. The molecule has 2 N–H and O–H groups in total. The molecule has 0 saturated carbocycles. The molecule has 146 valence electrons. The van der Waals surface area contributed by atoms with Crippen molar-refractivity contribution >= 4 is 5.78 Å². The largest absolute Gasteiger partial charge is 0.497 e. The highest BCUT2D eigenvalue weighted by atomic mass is 19.1. The lowest BCUT2D eigenvalue weighted by Gasteiger charge is -2.34. The van der Waals surface area contributed by atoms with E-state index >= 15 is 0 Å². The van der Waals surface area contributed by atoms with Gasteiger partial charge in [0.15, 0.2) is 5.78 Å². The topological polar surface area (TPSA) is 85.3 Å². The SMILES string of the molecule is COc1ccc([C@@H]2CC(=O)C3=C(C2)OC(N)=C(C#N)[C@@H]3c2ccccc2F)cc1. The molecule has 0 radical (unpaired) electrons. The second-order valence-corrected chi connectivity index (χ2v) is 7.08. The fraction of sp³-hybridized carbons (Fsp3) is 0.217. The second kappa shape index (κ2) is 7.44. The highest BCUT2D eigenvalue weighted by Crippen LogP contribution is 2.47. The van der Waals surface area contributed by atoms with Crippen molar-refractivity contribution in [3.05, 3.63) is 88.3 Å². The zero-order valence-corrected chi connectivity index (χ0v) is 15.8. The van der Waals surface area contributed by atoms with Crippen LogP contribution in [0.25, 0.3) is 0 Å². The van der Waals surface area contributed by atoms with E-state index in [1.54, 1.807) is 25.3 Å². The molecule has 29 heavy (non-hydrogen) atoms. The van der Waals surface area contributed by atoms with E-state index in [-0.39, 0.29) is 35.1 Å². The van der Waals surface area contributed by atoms with Crippen molar-refractivity contribution in [1.29, 1.82) is 5.26 Å². The number of ether oxygens (including phenoxy) is 2. The van der Waals surface area contributed by atoms with E-state index in [2.05, 4.69) is 0 Å². The summed E-state index contributed by atoms with van der Waals surface area (Å²) in [4.78, 5) is 13.1. The Kier molecular flexibility index (Phi) is 4.81. The lowest BCUT2D eigenvalue weighted by Crippen LogP contribution is -2.30. The molecular formula is C23H19FN2O3. The standard InChI is InChI=1S/C23H19FN2O3/c1-28-15-8-6-13(7-9-15)14-10-19(27)22-20(11-14)29-23(26)17(12-25)21(22)16-4-2-3-5-18(16)24/h2-9,14,21H,10-11,26H2,1H3/t14-,21+/m1/s1. The molecule has 0 bridgehead atoms. The smallest absolute Gasteiger partial charge is 0.205 e. The van der Waals surface area contributed by atoms with Crippen LogP contribution in [0.5, 0.6) is 5.75 Å². The van der Waals surface area contributed by atoms with E-state index in [0.717, 1.165) is 11.3 Å². The van der Waals surface area contributed by atoms with Crippen molar-refractivity contribution in [2.24, 2.45) is 5.73 Å². The molecule has 4 rings (SSSR count). The van der Waals surface area contributed by atoms with E-state index in [1.807, 2.05) is 30.3 Å². The van der Waals surface area contributed by atoms with Crippen molar-refractivity contribution in [3.63, 3.8) is 0 Å². The Balaban J connectivity index is 1.76. The molecule has 0 spiro atoms. The lowest BCUT2D eigenvalue weighted by atomic mass is 9.73. The molecule has 1 aliphatic heterocycles. The third-order valence-electron chi connectivity index (χ3n) is 5.46. The first-order chi connectivity index (χ1) is 14.0. The summed E-state index contributed by atoms with van der Waals surface area (Å²) in [5, 5.41) is 9.60. The fourth-order valence-corrected chi connectivity index (χ4v) is 4.04. The molecule has 2 aliphatic rings. The highest BCUT2D eigenvalue weighted by molar-refractivity contribution is 6.00. The first kappa shape index (κ1) is 18.8. The average Bonchev–Trinajstić information content (AvgIpc) is 2.73. The van der Waals surface area contributed by atoms with E-state index in [1.165, 1.54) is 6.07 Å². The number of rotatable bonds is 3. The minimum atomic E-state index is -0.853. The van der Waals surface area contributed by atoms with Crippen LogP contribution in [0.3, 0.4) is 0 Å². The fourth-order valence-electron chi connectivity index (χ4n) is 4.04. The summed E-state index contributed by atoms with van der Waals surface area (Å²) in [7, 11) is 1.59. The molecule has 2 aromatic carbocycles. The summed E-state index contributed by atoms with van der Waals surface area (Å²) in [5.74, 6) is -0.541. The number of halogens is 1. The Bertz CT molecular complexity index is 1080. The Morgan fingerprint density at radius 2 is 1.90 bits per heavy atom. The van der Waals surface area contributed by atoms with Gasteiger partial charge in [-0.25, -0.2) is 4.39 Å². The van der Waals surface area contributed by atoms with Gasteiger partial charge < -0.3 is 15.2 Å². The van der Waals surface area contributed by atoms with E-state index in [4.69, 9.17) is 15.2 Å². The van der Waals surface area contributed by atoms with Crippen LogP contribution in [-0.2, 0) is 9.53 Å². The summed E-state index contributed by atoms with van der Waals surface area (Å²) in [6, 6.07) is 15.6. The first-order valence-corrected chi connectivity index (χ1v) is 9.25. The molecule has 0 amide bonds. The van der Waals surface area contributed by atoms with Gasteiger partial charge in [0.25, 0.3) is 0 Å². The molecule has 0 aromatic heterocycles. The van der Waals surface area contributed by atoms with Gasteiger partial charge in [-0.1, -0.05) is 30.3 Å². The molecular weight excluding hydrogens is 371 g/mol. The van der Waals surface area contributed by atoms with Crippen molar-refractivity contribution < 1.29 is 18.7 Å². The van der Waals surface area contributed by atoms with Crippen LogP contribution in [0.2, 0.25) is 0 Å². The van der Waals surface area contributed by atoms with E-state index in [9.17, 15) is 14.4 Å². The number of nitrogens with zero attached hydrogens (tertiary/aromatic N) is 1. The minimum absolute atomic E-state index is 0.0603. The van der Waals surface area contributed by atoms with Gasteiger partial charge in [-0.3, -0.25) is 4.79 Å². The lowest BCUT2D eigenvalue weighted by molar-refractivity contribution is -0.117. The zero-order valence-electron chi connectivity index (χ0n) is 15.8. The predicted octanol–water partition coefficient (Wildman–Crippen LogP) is 4.04. The second-order valence-electron chi connectivity index (χ2n) is 7.08. The highest BCUT2D eigenvalue weighted by Gasteiger charge is 2.41. The van der Waals surface area contributed by atoms with Gasteiger partial charge in [-0.2, -0.15) is 5.26 Å². The molecule has 1 aliphatic carbocycles. The monoisotopic (exact) mass is 390 g/mol. The Morgan fingerprint density at radius 3 is 2.55 bits per heavy atom. The summed E-state index contributed by atoms with van der Waals surface area (Å²) < 4.78 is 25.4. The summed E-state index contributed by atoms with van der Waals surface area (Å²) in [5.41, 5.74) is 7.60. The number of allylic oxidation sites excluding steroid dienone is 3. The van der Waals surface area contributed by atoms with Gasteiger partial charge in [0.2, 0.25) is 5.88 Å². The minimum Gasteiger partial charge on any atom is -0.497 e. The predicted molar refractivity (Wildman–Crippen MR) is 104 cm³/mol. The molecule has 0 unspecified atom stereocenters. The molecule has 0 fully saturated rings. The van der Waals surface area contributed by atoms with Crippen molar-refractivity contribution in [3.8, 4) is 11.8 Å². The quantitative estimate of drug-likeness (QED) is 0.855. The third kappa shape index (κ3) is 3.25. The summed E-state index contributed by atoms with van der Waals surface area (Å²) in [6.45, 7) is 0. The number of methoxy groups -OCH3 is 1. The number of hydrogen-bond donors (Lipinski definition) is 1. The third-order valence-corrected chi connectivity index (χ3v) is 5.46. The van der Waals surface area contributed by atoms with Crippen molar-refractivity contribution in [2.45, 2.75) is 24.7 Å². The number of carbonyl (C=O) groups is 1. The van der Waals surface area contributed by atoms with Crippen LogP contribution in [0.1, 0.15) is 35.8 Å². The first-order valence-electron chi connectivity index (χ1n) is 9.25. The Hall–Kier alpha value is -3.59. The molecule has 5 nitrogen and oxygen atoms in total. The maximum Gasteiger partial charge on any atom is 0.205 e. The van der Waals surface area contributed by atoms with Crippen LogP contribution in [0, 0.1) is 17.1 Å². The molecule has 2 aromatic rings. The number of carbonyl (C=O) groups excluding carboxylic acids is 1. The van der Waals surface area contributed by atoms with Crippen LogP contribution in [-0.4, -0.2) is 12.9 Å². The molecule has 0 saturated heterocycles.